The van der Waals surface area contributed by atoms with Gasteiger partial charge in [-0.05, 0) is 18.1 Å². The molecule has 2 aromatic rings. The lowest BCUT2D eigenvalue weighted by molar-refractivity contribution is 0.393. The van der Waals surface area contributed by atoms with Crippen LogP contribution in [0, 0.1) is 0 Å². The summed E-state index contributed by atoms with van der Waals surface area (Å²) < 4.78 is 12.3. The highest BCUT2D eigenvalue weighted by Gasteiger charge is 2.22. The minimum Gasteiger partial charge on any atom is -0.508 e. The van der Waals surface area contributed by atoms with Gasteiger partial charge in [-0.1, -0.05) is 0 Å². The summed E-state index contributed by atoms with van der Waals surface area (Å²) in [6.07, 6.45) is 0.723. The van der Waals surface area contributed by atoms with E-state index >= 15 is 0 Å². The Kier molecular flexibility index (Phi) is 2.89. The molecule has 0 atom stereocenters. The van der Waals surface area contributed by atoms with E-state index in [1.165, 1.54) is 6.07 Å². The zero-order valence-electron chi connectivity index (χ0n) is 11.3. The van der Waals surface area contributed by atoms with Crippen LogP contribution in [0.5, 0.6) is 17.2 Å². The van der Waals surface area contributed by atoms with Crippen molar-refractivity contribution in [3.05, 3.63) is 40.2 Å². The second kappa shape index (κ2) is 4.59. The number of nitrogens with zero attached hydrogens (tertiary/aromatic N) is 1. The van der Waals surface area contributed by atoms with Crippen LogP contribution < -0.4 is 15.0 Å². The molecule has 1 N–H and O–H groups in total. The topological polar surface area (TPSA) is 60.7 Å². The summed E-state index contributed by atoms with van der Waals surface area (Å²) in [5.41, 5.74) is 2.36. The smallest absolute Gasteiger partial charge is 0.254 e. The molecule has 0 radical (unpaired) electrons. The number of benzene rings is 1. The molecular weight excluding hydrogens is 258 g/mol. The van der Waals surface area contributed by atoms with E-state index < -0.39 is 0 Å². The predicted octanol–water partition coefficient (Wildman–Crippen LogP) is 1.79. The van der Waals surface area contributed by atoms with Gasteiger partial charge in [-0.3, -0.25) is 4.79 Å². The van der Waals surface area contributed by atoms with E-state index in [0.717, 1.165) is 23.3 Å². The van der Waals surface area contributed by atoms with Crippen LogP contribution >= 0.6 is 0 Å². The largest absolute Gasteiger partial charge is 0.508 e. The van der Waals surface area contributed by atoms with E-state index in [9.17, 15) is 9.90 Å². The summed E-state index contributed by atoms with van der Waals surface area (Å²) in [6, 6.07) is 6.54. The first kappa shape index (κ1) is 12.6. The molecule has 1 aromatic carbocycles. The van der Waals surface area contributed by atoms with E-state index in [1.807, 2.05) is 6.07 Å². The van der Waals surface area contributed by atoms with Gasteiger partial charge >= 0.3 is 0 Å². The molecule has 2 heterocycles. The molecule has 5 nitrogen and oxygen atoms in total. The molecule has 0 amide bonds. The molecule has 104 valence electrons. The van der Waals surface area contributed by atoms with E-state index in [1.54, 1.807) is 30.9 Å². The van der Waals surface area contributed by atoms with Crippen molar-refractivity contribution in [2.24, 2.45) is 0 Å². The van der Waals surface area contributed by atoms with Crippen molar-refractivity contribution >= 4 is 0 Å². The van der Waals surface area contributed by atoms with Crippen molar-refractivity contribution in [3.8, 4) is 28.5 Å². The molecule has 1 aliphatic heterocycles. The molecule has 0 saturated carbocycles. The van der Waals surface area contributed by atoms with Gasteiger partial charge in [0.15, 0.2) is 0 Å². The van der Waals surface area contributed by atoms with Crippen LogP contribution in [0.2, 0.25) is 0 Å². The normalized spacial score (nSPS) is 12.5. The van der Waals surface area contributed by atoms with E-state index in [0.29, 0.717) is 18.0 Å². The number of rotatable bonds is 2. The van der Waals surface area contributed by atoms with Crippen molar-refractivity contribution in [3.63, 3.8) is 0 Å². The molecule has 0 spiro atoms. The third-order valence-electron chi connectivity index (χ3n) is 3.59. The van der Waals surface area contributed by atoms with Crippen LogP contribution in [0.25, 0.3) is 11.3 Å². The maximum absolute atomic E-state index is 12.0. The van der Waals surface area contributed by atoms with E-state index in [4.69, 9.17) is 9.47 Å². The van der Waals surface area contributed by atoms with Crippen molar-refractivity contribution in [1.29, 1.82) is 0 Å². The molecule has 1 aromatic heterocycles. The number of aromatic hydroxyl groups is 1. The zero-order valence-corrected chi connectivity index (χ0v) is 11.3. The molecule has 0 aliphatic carbocycles. The number of methoxy groups -OCH3 is 2. The van der Waals surface area contributed by atoms with Crippen molar-refractivity contribution in [2.75, 3.05) is 14.2 Å². The number of ether oxygens (including phenoxy) is 2. The second-order valence-electron chi connectivity index (χ2n) is 4.70. The van der Waals surface area contributed by atoms with Crippen LogP contribution in [-0.2, 0) is 13.0 Å². The Morgan fingerprint density at radius 2 is 1.95 bits per heavy atom. The first-order valence-electron chi connectivity index (χ1n) is 6.33. The van der Waals surface area contributed by atoms with Crippen LogP contribution in [-0.4, -0.2) is 23.9 Å². The SMILES string of the molecule is COc1cc2c(c(OC)c1)-c1cc(O)cc(=O)n1CC2. The number of fused-ring (bicyclic) bond motifs is 3. The highest BCUT2D eigenvalue weighted by Crippen LogP contribution is 2.40. The zero-order chi connectivity index (χ0) is 14.3. The van der Waals surface area contributed by atoms with Gasteiger partial charge in [0, 0.05) is 30.3 Å². The fourth-order valence-corrected chi connectivity index (χ4v) is 2.66. The third kappa shape index (κ3) is 1.82. The Morgan fingerprint density at radius 1 is 1.15 bits per heavy atom. The first-order valence-corrected chi connectivity index (χ1v) is 6.33. The predicted molar refractivity (Wildman–Crippen MR) is 74.6 cm³/mol. The van der Waals surface area contributed by atoms with Gasteiger partial charge < -0.3 is 19.1 Å². The minimum atomic E-state index is -0.205. The quantitative estimate of drug-likeness (QED) is 0.906. The van der Waals surface area contributed by atoms with Gasteiger partial charge in [-0.15, -0.1) is 0 Å². The van der Waals surface area contributed by atoms with Crippen molar-refractivity contribution in [2.45, 2.75) is 13.0 Å². The maximum atomic E-state index is 12.0. The Balaban J connectivity index is 2.33. The summed E-state index contributed by atoms with van der Waals surface area (Å²) in [4.78, 5) is 12.0. The van der Waals surface area contributed by atoms with Crippen LogP contribution in [0.3, 0.4) is 0 Å². The highest BCUT2D eigenvalue weighted by atomic mass is 16.5. The van der Waals surface area contributed by atoms with Crippen molar-refractivity contribution in [1.82, 2.24) is 4.57 Å². The lowest BCUT2D eigenvalue weighted by Crippen LogP contribution is -2.25. The monoisotopic (exact) mass is 273 g/mol. The minimum absolute atomic E-state index is 0.0352. The summed E-state index contributed by atoms with van der Waals surface area (Å²) in [5, 5.41) is 9.68. The van der Waals surface area contributed by atoms with Gasteiger partial charge in [0.1, 0.15) is 17.2 Å². The Bertz CT molecular complexity index is 716. The average Bonchev–Trinajstić information content (AvgIpc) is 2.45. The van der Waals surface area contributed by atoms with Crippen LogP contribution in [0.15, 0.2) is 29.1 Å². The summed E-state index contributed by atoms with van der Waals surface area (Å²) in [6.45, 7) is 0.581. The molecule has 3 rings (SSSR count). The van der Waals surface area contributed by atoms with Crippen molar-refractivity contribution < 1.29 is 14.6 Å². The lowest BCUT2D eigenvalue weighted by Gasteiger charge is -2.24. The van der Waals surface area contributed by atoms with Gasteiger partial charge in [0.2, 0.25) is 0 Å². The molecular formula is C15H15NO4. The number of aromatic nitrogens is 1. The summed E-state index contributed by atoms with van der Waals surface area (Å²) in [5.74, 6) is 1.32. The third-order valence-corrected chi connectivity index (χ3v) is 3.59. The molecule has 0 unspecified atom stereocenters. The Morgan fingerprint density at radius 3 is 2.65 bits per heavy atom. The average molecular weight is 273 g/mol. The molecule has 0 bridgehead atoms. The fraction of sp³-hybridized carbons (Fsp3) is 0.267. The van der Waals surface area contributed by atoms with Crippen LogP contribution in [0.4, 0.5) is 0 Å². The van der Waals surface area contributed by atoms with Gasteiger partial charge in [0.25, 0.3) is 5.56 Å². The van der Waals surface area contributed by atoms with Gasteiger partial charge in [-0.2, -0.15) is 0 Å². The summed E-state index contributed by atoms with van der Waals surface area (Å²) in [7, 11) is 3.18. The van der Waals surface area contributed by atoms with Gasteiger partial charge in [-0.25, -0.2) is 0 Å². The standard InChI is InChI=1S/C15H15NO4/c1-19-11-5-9-3-4-16-12(6-10(17)7-14(16)18)15(9)13(8-11)20-2/h5-8,17H,3-4H2,1-2H3. The van der Waals surface area contributed by atoms with E-state index in [2.05, 4.69) is 0 Å². The molecule has 1 aliphatic rings. The maximum Gasteiger partial charge on any atom is 0.254 e. The first-order chi connectivity index (χ1) is 9.63. The number of aryl methyl sites for hydroxylation is 1. The number of hydrogen-bond donors (Lipinski definition) is 1. The summed E-state index contributed by atoms with van der Waals surface area (Å²) >= 11 is 0. The highest BCUT2D eigenvalue weighted by molar-refractivity contribution is 5.75. The second-order valence-corrected chi connectivity index (χ2v) is 4.70. The fourth-order valence-electron chi connectivity index (χ4n) is 2.66. The Hall–Kier alpha value is -2.43. The number of pyridine rings is 1. The molecule has 0 saturated heterocycles. The molecule has 20 heavy (non-hydrogen) atoms. The number of hydrogen-bond acceptors (Lipinski definition) is 4. The van der Waals surface area contributed by atoms with Gasteiger partial charge in [0.05, 0.1) is 19.9 Å². The molecule has 0 fully saturated rings. The molecule has 5 heteroatoms. The van der Waals surface area contributed by atoms with E-state index in [-0.39, 0.29) is 11.3 Å². The van der Waals surface area contributed by atoms with Crippen LogP contribution in [0.1, 0.15) is 5.56 Å². The Labute approximate surface area is 116 Å². The lowest BCUT2D eigenvalue weighted by atomic mass is 9.95.